The van der Waals surface area contributed by atoms with Crippen molar-refractivity contribution in [1.29, 1.82) is 0 Å². The number of ether oxygens (including phenoxy) is 1. The molecule has 2 aliphatic heterocycles. The van der Waals surface area contributed by atoms with Crippen LogP contribution in [0.2, 0.25) is 0 Å². The molecule has 1 spiro atoms. The summed E-state index contributed by atoms with van der Waals surface area (Å²) in [5.41, 5.74) is 7.09. The molecule has 3 heterocycles. The van der Waals surface area contributed by atoms with Crippen molar-refractivity contribution in [2.45, 2.75) is 49.7 Å². The van der Waals surface area contributed by atoms with Gasteiger partial charge in [0.25, 0.3) is 0 Å². The maximum Gasteiger partial charge on any atom is 0.490 e. The van der Waals surface area contributed by atoms with E-state index in [2.05, 4.69) is 57.8 Å². The standard InChI is InChI=1S/C30H30N4O2.C2HF3O2/c1-36-22-9-11-26-24(16-22)30(29(35)31-26)17-25(30)20-8-10-23-27(15-20)32-33-28(23)21-7-5-6-19(14-21)18-34-12-3-2-4-13-34;3-2(4,5)1(6)7/h5-11,14-16,25H,2-4,12-13,17-18H2,1H3,(H,31,35)(H,32,33);(H,6,7). The zero-order valence-corrected chi connectivity index (χ0v) is 23.5. The van der Waals surface area contributed by atoms with Gasteiger partial charge < -0.3 is 15.2 Å². The fourth-order valence-corrected chi connectivity index (χ4v) is 6.37. The summed E-state index contributed by atoms with van der Waals surface area (Å²) < 4.78 is 37.2. The molecule has 224 valence electrons. The van der Waals surface area contributed by atoms with Gasteiger partial charge in [-0.25, -0.2) is 4.79 Å². The van der Waals surface area contributed by atoms with Crippen molar-refractivity contribution in [2.24, 2.45) is 0 Å². The number of anilines is 1. The number of carbonyl (C=O) groups is 2. The van der Waals surface area contributed by atoms with Gasteiger partial charge in [0.05, 0.1) is 23.7 Å². The summed E-state index contributed by atoms with van der Waals surface area (Å²) >= 11 is 0. The van der Waals surface area contributed by atoms with Gasteiger partial charge in [0.15, 0.2) is 0 Å². The average Bonchev–Trinajstić information content (AvgIpc) is 3.52. The van der Waals surface area contributed by atoms with E-state index in [-0.39, 0.29) is 11.8 Å². The van der Waals surface area contributed by atoms with Crippen molar-refractivity contribution < 1.29 is 32.6 Å². The Morgan fingerprint density at radius 2 is 1.86 bits per heavy atom. The first-order valence-corrected chi connectivity index (χ1v) is 14.2. The number of rotatable bonds is 5. The Hall–Kier alpha value is -4.38. The monoisotopic (exact) mass is 592 g/mol. The van der Waals surface area contributed by atoms with Crippen LogP contribution in [0.25, 0.3) is 22.2 Å². The molecular formula is C32H31F3N4O4. The number of hydrogen-bond donors (Lipinski definition) is 3. The molecule has 2 atom stereocenters. The van der Waals surface area contributed by atoms with Crippen molar-refractivity contribution in [2.75, 3.05) is 25.5 Å². The van der Waals surface area contributed by atoms with E-state index >= 15 is 0 Å². The number of piperidine rings is 1. The number of carboxylic acids is 1. The fourth-order valence-electron chi connectivity index (χ4n) is 6.37. The molecule has 43 heavy (non-hydrogen) atoms. The molecule has 3 N–H and O–H groups in total. The van der Waals surface area contributed by atoms with E-state index in [1.165, 1.54) is 43.5 Å². The number of amides is 1. The number of fused-ring (bicyclic) bond motifs is 3. The van der Waals surface area contributed by atoms with Crippen molar-refractivity contribution >= 4 is 28.5 Å². The summed E-state index contributed by atoms with van der Waals surface area (Å²) in [7, 11) is 1.66. The van der Waals surface area contributed by atoms with Gasteiger partial charge in [-0.05, 0) is 79.4 Å². The number of benzene rings is 3. The molecule has 0 radical (unpaired) electrons. The molecule has 3 aliphatic rings. The van der Waals surface area contributed by atoms with Crippen LogP contribution in [-0.4, -0.2) is 58.5 Å². The zero-order chi connectivity index (χ0) is 30.4. The number of hydrogen-bond acceptors (Lipinski definition) is 5. The molecule has 8 nitrogen and oxygen atoms in total. The normalized spacial score (nSPS) is 21.2. The third-order valence-corrected chi connectivity index (χ3v) is 8.61. The molecule has 2 unspecified atom stereocenters. The van der Waals surface area contributed by atoms with E-state index in [1.807, 2.05) is 18.2 Å². The topological polar surface area (TPSA) is 108 Å². The Morgan fingerprint density at radius 3 is 2.58 bits per heavy atom. The highest BCUT2D eigenvalue weighted by Gasteiger charge is 2.65. The molecule has 1 aromatic heterocycles. The van der Waals surface area contributed by atoms with Gasteiger partial charge in [-0.15, -0.1) is 0 Å². The third-order valence-electron chi connectivity index (χ3n) is 8.61. The minimum Gasteiger partial charge on any atom is -0.497 e. The number of carbonyl (C=O) groups excluding carboxylic acids is 1. The number of aliphatic carboxylic acids is 1. The van der Waals surface area contributed by atoms with Crippen LogP contribution in [0.1, 0.15) is 48.3 Å². The highest BCUT2D eigenvalue weighted by atomic mass is 19.4. The Balaban J connectivity index is 0.000000423. The van der Waals surface area contributed by atoms with Crippen molar-refractivity contribution in [3.63, 3.8) is 0 Å². The SMILES string of the molecule is COc1ccc2c(c1)C1(CC1c1ccc3c(-c4cccc(CN5CCCCC5)c4)n[nH]c3c1)C(=O)N2.O=C(O)C(F)(F)F. The largest absolute Gasteiger partial charge is 0.497 e. The predicted molar refractivity (Wildman–Crippen MR) is 155 cm³/mol. The summed E-state index contributed by atoms with van der Waals surface area (Å²) in [6, 6.07) is 21.1. The molecule has 1 amide bonds. The van der Waals surface area contributed by atoms with Crippen molar-refractivity contribution in [1.82, 2.24) is 15.1 Å². The van der Waals surface area contributed by atoms with E-state index < -0.39 is 17.6 Å². The van der Waals surface area contributed by atoms with Crippen LogP contribution in [0.3, 0.4) is 0 Å². The van der Waals surface area contributed by atoms with E-state index in [0.29, 0.717) is 0 Å². The van der Waals surface area contributed by atoms with Crippen LogP contribution in [0.15, 0.2) is 60.7 Å². The fraction of sp³-hybridized carbons (Fsp3) is 0.344. The van der Waals surface area contributed by atoms with E-state index in [9.17, 15) is 18.0 Å². The Morgan fingerprint density at radius 1 is 1.09 bits per heavy atom. The number of likely N-dealkylation sites (tertiary alicyclic amines) is 1. The number of H-pyrrole nitrogens is 1. The third kappa shape index (κ3) is 5.45. The molecular weight excluding hydrogens is 561 g/mol. The van der Waals surface area contributed by atoms with Gasteiger partial charge in [0.2, 0.25) is 5.91 Å². The van der Waals surface area contributed by atoms with Crippen LogP contribution in [0.4, 0.5) is 18.9 Å². The van der Waals surface area contributed by atoms with Crippen LogP contribution < -0.4 is 10.1 Å². The molecule has 7 rings (SSSR count). The molecule has 1 saturated carbocycles. The number of halogens is 3. The maximum atomic E-state index is 13.1. The molecule has 3 aromatic carbocycles. The maximum absolute atomic E-state index is 13.1. The molecule has 11 heteroatoms. The first kappa shape index (κ1) is 28.7. The zero-order valence-electron chi connectivity index (χ0n) is 23.5. The summed E-state index contributed by atoms with van der Waals surface area (Å²) in [5, 5.41) is 19.3. The summed E-state index contributed by atoms with van der Waals surface area (Å²) in [6.07, 6.45) is -0.320. The van der Waals surface area contributed by atoms with Crippen molar-refractivity contribution in [3.8, 4) is 17.0 Å². The Labute approximate surface area is 245 Å². The molecule has 1 saturated heterocycles. The lowest BCUT2D eigenvalue weighted by Crippen LogP contribution is -2.29. The number of aromatic nitrogens is 2. The van der Waals surface area contributed by atoms with E-state index in [0.717, 1.165) is 52.1 Å². The number of alkyl halides is 3. The smallest absolute Gasteiger partial charge is 0.490 e. The second kappa shape index (κ2) is 11.0. The summed E-state index contributed by atoms with van der Waals surface area (Å²) in [4.78, 5) is 24.5. The van der Waals surface area contributed by atoms with Crippen LogP contribution in [0.5, 0.6) is 5.75 Å². The van der Waals surface area contributed by atoms with Gasteiger partial charge in [0.1, 0.15) is 5.75 Å². The second-order valence-electron chi connectivity index (χ2n) is 11.3. The summed E-state index contributed by atoms with van der Waals surface area (Å²) in [5.74, 6) is -1.74. The Kier molecular flexibility index (Phi) is 7.37. The lowest BCUT2D eigenvalue weighted by Gasteiger charge is -2.26. The first-order chi connectivity index (χ1) is 20.6. The van der Waals surface area contributed by atoms with Gasteiger partial charge in [0, 0.05) is 29.1 Å². The van der Waals surface area contributed by atoms with Gasteiger partial charge >= 0.3 is 12.1 Å². The molecule has 2 fully saturated rings. The average molecular weight is 593 g/mol. The van der Waals surface area contributed by atoms with Gasteiger partial charge in [-0.3, -0.25) is 14.8 Å². The van der Waals surface area contributed by atoms with Crippen LogP contribution in [0, 0.1) is 0 Å². The molecule has 1 aliphatic carbocycles. The number of aromatic amines is 1. The van der Waals surface area contributed by atoms with Gasteiger partial charge in [-0.1, -0.05) is 36.8 Å². The minimum absolute atomic E-state index is 0.0895. The second-order valence-corrected chi connectivity index (χ2v) is 11.3. The number of nitrogens with zero attached hydrogens (tertiary/aromatic N) is 2. The highest BCUT2D eigenvalue weighted by Crippen LogP contribution is 2.65. The quantitative estimate of drug-likeness (QED) is 0.254. The van der Waals surface area contributed by atoms with Crippen LogP contribution in [-0.2, 0) is 21.5 Å². The van der Waals surface area contributed by atoms with E-state index in [1.54, 1.807) is 7.11 Å². The number of nitrogens with one attached hydrogen (secondary N) is 2. The Bertz CT molecular complexity index is 1700. The predicted octanol–water partition coefficient (Wildman–Crippen LogP) is 6.24. The summed E-state index contributed by atoms with van der Waals surface area (Å²) in [6.45, 7) is 3.38. The lowest BCUT2D eigenvalue weighted by molar-refractivity contribution is -0.192. The van der Waals surface area contributed by atoms with E-state index in [4.69, 9.17) is 19.7 Å². The minimum atomic E-state index is -5.08. The van der Waals surface area contributed by atoms with Gasteiger partial charge in [-0.2, -0.15) is 18.3 Å². The molecule has 0 bridgehead atoms. The van der Waals surface area contributed by atoms with Crippen LogP contribution >= 0.6 is 0 Å². The highest BCUT2D eigenvalue weighted by molar-refractivity contribution is 6.10. The number of carboxylic acid groups (broad SMARTS) is 1. The lowest BCUT2D eigenvalue weighted by atomic mass is 9.91. The first-order valence-electron chi connectivity index (χ1n) is 14.2. The van der Waals surface area contributed by atoms with Crippen molar-refractivity contribution in [3.05, 3.63) is 77.4 Å². The molecule has 4 aromatic rings. The number of methoxy groups -OCH3 is 1.